The van der Waals surface area contributed by atoms with Crippen LogP contribution in [-0.2, 0) is 14.3 Å². The summed E-state index contributed by atoms with van der Waals surface area (Å²) in [4.78, 5) is 23.2. The van der Waals surface area contributed by atoms with Crippen LogP contribution in [0.1, 0.15) is 125 Å². The van der Waals surface area contributed by atoms with E-state index in [9.17, 15) is 9.59 Å². The van der Waals surface area contributed by atoms with Crippen molar-refractivity contribution in [2.45, 2.75) is 131 Å². The molecule has 4 nitrogen and oxygen atoms in total. The van der Waals surface area contributed by atoms with Crippen LogP contribution in [0, 0.1) is 46.3 Å². The van der Waals surface area contributed by atoms with Gasteiger partial charge in [0.1, 0.15) is 5.60 Å². The number of allylic oxidation sites excluding steroid dienone is 1. The van der Waals surface area contributed by atoms with Crippen molar-refractivity contribution in [3.63, 3.8) is 0 Å². The quantitative estimate of drug-likeness (QED) is 0.256. The highest BCUT2D eigenvalue weighted by atomic mass is 16.6. The molecule has 3 saturated carbocycles. The molecule has 36 heavy (non-hydrogen) atoms. The second kappa shape index (κ2) is 10.4. The molecule has 0 heterocycles. The number of hydrogen-bond acceptors (Lipinski definition) is 3. The summed E-state index contributed by atoms with van der Waals surface area (Å²) < 4.78 is 5.89. The van der Waals surface area contributed by atoms with Gasteiger partial charge in [0.25, 0.3) is 0 Å². The summed E-state index contributed by atoms with van der Waals surface area (Å²) in [5, 5.41) is 8.90. The Hall–Kier alpha value is -1.32. The number of rotatable bonds is 9. The topological polar surface area (TPSA) is 63.6 Å². The standard InChI is InChI=1S/C32H52O4/c1-21(2)8-7-9-22(3)25-12-13-26-24-11-10-23-20-30(4,36-29(35)15-14-28(33)34)18-19-31(23,5)27(24)16-17-32(25,26)6/h10,21-22,24-27H,7-9,11-20H2,1-6H3,(H,33,34)/t22-,24+,25?,26?,27+,30+,31+,32-/m1/s1. The summed E-state index contributed by atoms with van der Waals surface area (Å²) in [5.74, 6) is 3.62. The summed E-state index contributed by atoms with van der Waals surface area (Å²) in [7, 11) is 0. The highest BCUT2D eigenvalue weighted by Crippen LogP contribution is 2.68. The molecule has 0 bridgehead atoms. The highest BCUT2D eigenvalue weighted by Gasteiger charge is 2.60. The van der Waals surface area contributed by atoms with Crippen LogP contribution in [-0.4, -0.2) is 22.6 Å². The van der Waals surface area contributed by atoms with Crippen LogP contribution in [0.2, 0.25) is 0 Å². The predicted molar refractivity (Wildman–Crippen MR) is 144 cm³/mol. The fourth-order valence-electron chi connectivity index (χ4n) is 9.44. The third kappa shape index (κ3) is 5.30. The normalized spacial score (nSPS) is 40.6. The molecule has 0 amide bonds. The van der Waals surface area contributed by atoms with Gasteiger partial charge in [-0.3, -0.25) is 9.59 Å². The molecule has 3 fully saturated rings. The first-order valence-corrected chi connectivity index (χ1v) is 15.0. The molecule has 4 aliphatic rings. The minimum Gasteiger partial charge on any atom is -0.481 e. The first-order valence-electron chi connectivity index (χ1n) is 15.0. The SMILES string of the molecule is CC(C)CCC[C@@H](C)C1CCC2[C@@H]3CC=C4C[C@@](C)(OC(=O)CCC(=O)O)CC[C@]4(C)[C@H]3CC[C@]12C. The Labute approximate surface area is 220 Å². The van der Waals surface area contributed by atoms with Crippen molar-refractivity contribution in [3.8, 4) is 0 Å². The average Bonchev–Trinajstić information content (AvgIpc) is 3.15. The zero-order valence-corrected chi connectivity index (χ0v) is 23.9. The van der Waals surface area contributed by atoms with E-state index in [0.717, 1.165) is 54.8 Å². The number of hydrogen-bond donors (Lipinski definition) is 1. The van der Waals surface area contributed by atoms with Crippen molar-refractivity contribution in [2.75, 3.05) is 0 Å². The van der Waals surface area contributed by atoms with E-state index in [1.165, 1.54) is 56.9 Å². The summed E-state index contributed by atoms with van der Waals surface area (Å²) in [6.07, 6.45) is 16.0. The molecule has 0 aromatic carbocycles. The number of aliphatic carboxylic acids is 1. The molecule has 0 spiro atoms. The van der Waals surface area contributed by atoms with E-state index in [1.54, 1.807) is 0 Å². The van der Waals surface area contributed by atoms with E-state index in [0.29, 0.717) is 5.41 Å². The Morgan fingerprint density at radius 3 is 2.44 bits per heavy atom. The number of carboxylic acids is 1. The molecule has 0 aromatic rings. The van der Waals surface area contributed by atoms with Crippen LogP contribution in [0.3, 0.4) is 0 Å². The zero-order valence-electron chi connectivity index (χ0n) is 23.9. The van der Waals surface area contributed by atoms with Gasteiger partial charge in [-0.25, -0.2) is 0 Å². The van der Waals surface area contributed by atoms with Gasteiger partial charge in [0.05, 0.1) is 12.8 Å². The van der Waals surface area contributed by atoms with Crippen LogP contribution < -0.4 is 0 Å². The van der Waals surface area contributed by atoms with Crippen molar-refractivity contribution in [1.82, 2.24) is 0 Å². The van der Waals surface area contributed by atoms with Gasteiger partial charge in [-0.05, 0) is 98.2 Å². The first kappa shape index (κ1) is 27.7. The molecule has 0 aromatic heterocycles. The zero-order chi connectivity index (χ0) is 26.3. The van der Waals surface area contributed by atoms with Crippen molar-refractivity contribution in [2.24, 2.45) is 46.3 Å². The van der Waals surface area contributed by atoms with Gasteiger partial charge in [0, 0.05) is 6.42 Å². The molecule has 4 rings (SSSR count). The minimum absolute atomic E-state index is 0.0384. The molecular formula is C32H52O4. The minimum atomic E-state index is -0.947. The van der Waals surface area contributed by atoms with Gasteiger partial charge in [-0.15, -0.1) is 0 Å². The summed E-state index contributed by atoms with van der Waals surface area (Å²) >= 11 is 0. The monoisotopic (exact) mass is 500 g/mol. The van der Waals surface area contributed by atoms with E-state index in [2.05, 4.69) is 47.6 Å². The van der Waals surface area contributed by atoms with Gasteiger partial charge in [-0.2, -0.15) is 0 Å². The molecule has 2 unspecified atom stereocenters. The Kier molecular flexibility index (Phi) is 8.04. The molecule has 0 saturated heterocycles. The van der Waals surface area contributed by atoms with Gasteiger partial charge in [0.2, 0.25) is 0 Å². The van der Waals surface area contributed by atoms with Crippen LogP contribution in [0.4, 0.5) is 0 Å². The van der Waals surface area contributed by atoms with Crippen molar-refractivity contribution in [3.05, 3.63) is 11.6 Å². The Morgan fingerprint density at radius 1 is 1.00 bits per heavy atom. The Morgan fingerprint density at radius 2 is 1.75 bits per heavy atom. The van der Waals surface area contributed by atoms with Gasteiger partial charge in [-0.1, -0.05) is 65.5 Å². The Balaban J connectivity index is 1.44. The predicted octanol–water partition coefficient (Wildman–Crippen LogP) is 8.19. The molecule has 0 radical (unpaired) electrons. The maximum atomic E-state index is 12.3. The van der Waals surface area contributed by atoms with Crippen molar-refractivity contribution < 1.29 is 19.4 Å². The van der Waals surface area contributed by atoms with E-state index in [4.69, 9.17) is 9.84 Å². The summed E-state index contributed by atoms with van der Waals surface area (Å²) in [6, 6.07) is 0. The summed E-state index contributed by atoms with van der Waals surface area (Å²) in [6.45, 7) is 14.5. The lowest BCUT2D eigenvalue weighted by Gasteiger charge is -2.59. The number of carboxylic acid groups (broad SMARTS) is 1. The number of esters is 1. The second-order valence-electron chi connectivity index (χ2n) is 14.3. The maximum absolute atomic E-state index is 12.3. The average molecular weight is 501 g/mol. The number of carbonyl (C=O) groups excluding carboxylic acids is 1. The smallest absolute Gasteiger partial charge is 0.306 e. The van der Waals surface area contributed by atoms with Crippen LogP contribution in [0.25, 0.3) is 0 Å². The van der Waals surface area contributed by atoms with Gasteiger partial charge >= 0.3 is 11.9 Å². The fraction of sp³-hybridized carbons (Fsp3) is 0.875. The van der Waals surface area contributed by atoms with Gasteiger partial charge in [0.15, 0.2) is 0 Å². The molecule has 4 heteroatoms. The highest BCUT2D eigenvalue weighted by molar-refractivity contribution is 5.76. The van der Waals surface area contributed by atoms with Crippen LogP contribution in [0.5, 0.6) is 0 Å². The van der Waals surface area contributed by atoms with E-state index in [-0.39, 0.29) is 24.2 Å². The third-order valence-electron chi connectivity index (χ3n) is 11.5. The van der Waals surface area contributed by atoms with E-state index >= 15 is 0 Å². The molecule has 1 N–H and O–H groups in total. The maximum Gasteiger partial charge on any atom is 0.306 e. The number of ether oxygens (including phenoxy) is 1. The lowest BCUT2D eigenvalue weighted by Crippen LogP contribution is -2.52. The molecule has 4 aliphatic carbocycles. The lowest BCUT2D eigenvalue weighted by molar-refractivity contribution is -0.164. The summed E-state index contributed by atoms with van der Waals surface area (Å²) in [5.41, 5.74) is 1.73. The lowest BCUT2D eigenvalue weighted by atomic mass is 9.46. The molecule has 0 aliphatic heterocycles. The number of carbonyl (C=O) groups is 2. The Bertz CT molecular complexity index is 860. The molecule has 8 atom stereocenters. The number of fused-ring (bicyclic) bond motifs is 5. The second-order valence-corrected chi connectivity index (χ2v) is 14.3. The van der Waals surface area contributed by atoms with Crippen molar-refractivity contribution in [1.29, 1.82) is 0 Å². The molecular weight excluding hydrogens is 448 g/mol. The van der Waals surface area contributed by atoms with Gasteiger partial charge < -0.3 is 9.84 Å². The molecule has 204 valence electrons. The van der Waals surface area contributed by atoms with E-state index < -0.39 is 11.6 Å². The van der Waals surface area contributed by atoms with Crippen LogP contribution >= 0.6 is 0 Å². The third-order valence-corrected chi connectivity index (χ3v) is 11.5. The largest absolute Gasteiger partial charge is 0.481 e. The first-order chi connectivity index (χ1) is 16.9. The van der Waals surface area contributed by atoms with E-state index in [1.807, 2.05) is 0 Å². The van der Waals surface area contributed by atoms with Crippen molar-refractivity contribution >= 4 is 11.9 Å². The fourth-order valence-corrected chi connectivity index (χ4v) is 9.44. The van der Waals surface area contributed by atoms with Crippen LogP contribution in [0.15, 0.2) is 11.6 Å².